The number of carbonyl (C=O) groups is 2. The minimum Gasteiger partial charge on any atom is -0.381 e. The highest BCUT2D eigenvalue weighted by Gasteiger charge is 2.55. The molecule has 3 rings (SSSR count). The maximum Gasteiger partial charge on any atom is 0.406 e. The number of halogens is 2. The van der Waals surface area contributed by atoms with E-state index in [1.165, 1.54) is 29.5 Å². The first-order valence-corrected chi connectivity index (χ1v) is 14.6. The van der Waals surface area contributed by atoms with Gasteiger partial charge in [-0.1, -0.05) is 31.7 Å². The average Bonchev–Trinajstić information content (AvgIpc) is 3.25. The molecule has 1 aromatic carbocycles. The molecule has 1 fully saturated rings. The van der Waals surface area contributed by atoms with Gasteiger partial charge < -0.3 is 14.0 Å². The summed E-state index contributed by atoms with van der Waals surface area (Å²) in [6.45, 7) is 3.78. The second-order valence-corrected chi connectivity index (χ2v) is 12.8. The standard InChI is InChI=1S/C23H29F2O7PS2/c1-16(2)11-22(27)34-10-9-31-33(28,32-15-30-19-5-7-29-8-6-19)23(24,25)18-3-4-21-17(12-18)13-20(14-26)35-21/h3-4,12-14,16,19H,5-11,15H2,1-2H3. The summed E-state index contributed by atoms with van der Waals surface area (Å²) in [5.41, 5.74) is -4.55. The number of alkyl halides is 2. The number of hydrogen-bond donors (Lipinski definition) is 0. The molecule has 1 atom stereocenters. The first-order chi connectivity index (χ1) is 16.6. The Morgan fingerprint density at radius 2 is 2.03 bits per heavy atom. The predicted octanol–water partition coefficient (Wildman–Crippen LogP) is 6.45. The van der Waals surface area contributed by atoms with Crippen molar-refractivity contribution in [2.24, 2.45) is 5.92 Å². The molecule has 2 aromatic rings. The lowest BCUT2D eigenvalue weighted by molar-refractivity contribution is -0.111. The molecule has 1 unspecified atom stereocenters. The number of thioether (sulfide) groups is 1. The molecule has 0 aliphatic carbocycles. The van der Waals surface area contributed by atoms with Crippen LogP contribution in [0.25, 0.3) is 10.1 Å². The van der Waals surface area contributed by atoms with Crippen molar-refractivity contribution in [2.75, 3.05) is 32.4 Å². The SMILES string of the molecule is CC(C)CC(=O)SCCOP(=O)(OCOC1CCOCC1)C(F)(F)c1ccc2sc(C=O)cc2c1. The zero-order valence-electron chi connectivity index (χ0n) is 19.6. The highest BCUT2D eigenvalue weighted by Crippen LogP contribution is 2.67. The number of carbonyl (C=O) groups excluding carboxylic acids is 2. The summed E-state index contributed by atoms with van der Waals surface area (Å²) in [6.07, 6.45) is 1.89. The van der Waals surface area contributed by atoms with Crippen molar-refractivity contribution in [2.45, 2.75) is 44.9 Å². The third-order valence-corrected chi connectivity index (χ3v) is 9.03. The van der Waals surface area contributed by atoms with Crippen LogP contribution in [0.4, 0.5) is 8.78 Å². The van der Waals surface area contributed by atoms with E-state index in [0.29, 0.717) is 53.7 Å². The number of benzene rings is 1. The maximum absolute atomic E-state index is 15.6. The summed E-state index contributed by atoms with van der Waals surface area (Å²) in [7, 11) is -5.06. The van der Waals surface area contributed by atoms with Gasteiger partial charge in [0.05, 0.1) is 17.6 Å². The molecule has 0 amide bonds. The van der Waals surface area contributed by atoms with Gasteiger partial charge in [0.25, 0.3) is 0 Å². The Labute approximate surface area is 211 Å². The molecule has 0 radical (unpaired) electrons. The summed E-state index contributed by atoms with van der Waals surface area (Å²) >= 11 is 2.11. The average molecular weight is 551 g/mol. The first-order valence-electron chi connectivity index (χ1n) is 11.3. The van der Waals surface area contributed by atoms with Crippen LogP contribution in [-0.4, -0.2) is 49.9 Å². The lowest BCUT2D eigenvalue weighted by Gasteiger charge is -2.28. The van der Waals surface area contributed by atoms with Crippen molar-refractivity contribution in [3.8, 4) is 0 Å². The fraction of sp³-hybridized carbons (Fsp3) is 0.565. The van der Waals surface area contributed by atoms with Crippen LogP contribution in [0, 0.1) is 5.92 Å². The van der Waals surface area contributed by atoms with Crippen LogP contribution >= 0.6 is 30.7 Å². The van der Waals surface area contributed by atoms with Crippen LogP contribution in [0.2, 0.25) is 0 Å². The van der Waals surface area contributed by atoms with E-state index in [9.17, 15) is 14.2 Å². The number of aldehydes is 1. The van der Waals surface area contributed by atoms with Crippen LogP contribution in [0.15, 0.2) is 24.3 Å². The van der Waals surface area contributed by atoms with Gasteiger partial charge in [-0.2, -0.15) is 8.78 Å². The van der Waals surface area contributed by atoms with Crippen LogP contribution < -0.4 is 0 Å². The number of fused-ring (bicyclic) bond motifs is 1. The number of rotatable bonds is 13. The molecule has 0 saturated carbocycles. The van der Waals surface area contributed by atoms with Gasteiger partial charge >= 0.3 is 13.3 Å². The Morgan fingerprint density at radius 3 is 2.71 bits per heavy atom. The maximum atomic E-state index is 15.6. The van der Waals surface area contributed by atoms with Crippen molar-refractivity contribution in [1.82, 2.24) is 0 Å². The fourth-order valence-electron chi connectivity index (χ4n) is 3.41. The first kappa shape index (κ1) is 28.4. The van der Waals surface area contributed by atoms with E-state index >= 15 is 8.78 Å². The van der Waals surface area contributed by atoms with E-state index < -0.39 is 25.6 Å². The highest BCUT2D eigenvalue weighted by atomic mass is 32.2. The molecule has 0 N–H and O–H groups in total. The van der Waals surface area contributed by atoms with Crippen molar-refractivity contribution in [1.29, 1.82) is 0 Å². The summed E-state index contributed by atoms with van der Waals surface area (Å²) < 4.78 is 66.4. The molecule has 1 aromatic heterocycles. The minimum atomic E-state index is -5.06. The molecule has 1 saturated heterocycles. The molecule has 0 spiro atoms. The Balaban J connectivity index is 1.74. The fourth-order valence-corrected chi connectivity index (χ4v) is 6.62. The van der Waals surface area contributed by atoms with Crippen molar-refractivity contribution < 1.29 is 41.5 Å². The van der Waals surface area contributed by atoms with E-state index in [0.717, 1.165) is 17.8 Å². The van der Waals surface area contributed by atoms with Gasteiger partial charge in [0.2, 0.25) is 0 Å². The van der Waals surface area contributed by atoms with Gasteiger partial charge in [0.15, 0.2) is 18.2 Å². The van der Waals surface area contributed by atoms with E-state index in [1.807, 2.05) is 13.8 Å². The summed E-state index contributed by atoms with van der Waals surface area (Å²) in [6, 6.07) is 5.26. The van der Waals surface area contributed by atoms with Gasteiger partial charge in [0.1, 0.15) is 0 Å². The third-order valence-electron chi connectivity index (χ3n) is 5.22. The van der Waals surface area contributed by atoms with Crippen molar-refractivity contribution >= 4 is 52.2 Å². The van der Waals surface area contributed by atoms with Crippen LogP contribution in [0.3, 0.4) is 0 Å². The normalized spacial score (nSPS) is 17.1. The number of ether oxygens (including phenoxy) is 2. The van der Waals surface area contributed by atoms with Crippen molar-refractivity contribution in [3.63, 3.8) is 0 Å². The van der Waals surface area contributed by atoms with Crippen molar-refractivity contribution in [3.05, 3.63) is 34.7 Å². The van der Waals surface area contributed by atoms with Gasteiger partial charge in [-0.15, -0.1) is 11.3 Å². The van der Waals surface area contributed by atoms with Gasteiger partial charge in [-0.3, -0.25) is 18.7 Å². The Hall–Kier alpha value is -1.20. The molecule has 35 heavy (non-hydrogen) atoms. The molecular formula is C23H29F2O7PS2. The van der Waals surface area contributed by atoms with E-state index in [2.05, 4.69) is 0 Å². The van der Waals surface area contributed by atoms with E-state index in [-0.39, 0.29) is 29.5 Å². The second-order valence-electron chi connectivity index (χ2n) is 8.43. The molecule has 194 valence electrons. The van der Waals surface area contributed by atoms with Gasteiger partial charge in [0, 0.05) is 35.7 Å². The second kappa shape index (κ2) is 12.9. The summed E-state index contributed by atoms with van der Waals surface area (Å²) in [4.78, 5) is 23.3. The summed E-state index contributed by atoms with van der Waals surface area (Å²) in [5.74, 6) is 0.228. The molecular weight excluding hydrogens is 521 g/mol. The Morgan fingerprint density at radius 1 is 1.29 bits per heavy atom. The largest absolute Gasteiger partial charge is 0.406 e. The smallest absolute Gasteiger partial charge is 0.381 e. The monoisotopic (exact) mass is 550 g/mol. The molecule has 12 heteroatoms. The molecule has 7 nitrogen and oxygen atoms in total. The zero-order chi connectivity index (χ0) is 25.5. The highest BCUT2D eigenvalue weighted by molar-refractivity contribution is 8.13. The summed E-state index contributed by atoms with van der Waals surface area (Å²) in [5, 5.41) is 0.331. The predicted molar refractivity (Wildman–Crippen MR) is 132 cm³/mol. The molecule has 2 heterocycles. The molecule has 0 bridgehead atoms. The van der Waals surface area contributed by atoms with Crippen LogP contribution in [0.5, 0.6) is 0 Å². The quantitative estimate of drug-likeness (QED) is 0.122. The van der Waals surface area contributed by atoms with E-state index in [1.54, 1.807) is 0 Å². The zero-order valence-corrected chi connectivity index (χ0v) is 22.1. The van der Waals surface area contributed by atoms with Crippen LogP contribution in [-0.2, 0) is 33.5 Å². The Bertz CT molecular complexity index is 1050. The van der Waals surface area contributed by atoms with Crippen LogP contribution in [0.1, 0.15) is 48.3 Å². The topological polar surface area (TPSA) is 88.1 Å². The Kier molecular flexibility index (Phi) is 10.4. The number of hydrogen-bond acceptors (Lipinski definition) is 9. The van der Waals surface area contributed by atoms with Gasteiger partial charge in [-0.05, 0) is 42.3 Å². The molecule has 1 aliphatic rings. The lowest BCUT2D eigenvalue weighted by Crippen LogP contribution is -2.25. The molecule has 1 aliphatic heterocycles. The van der Waals surface area contributed by atoms with E-state index in [4.69, 9.17) is 18.5 Å². The minimum absolute atomic E-state index is 0.0576. The number of thiophene rings is 1. The van der Waals surface area contributed by atoms with Gasteiger partial charge in [-0.25, -0.2) is 0 Å². The lowest BCUT2D eigenvalue weighted by atomic mass is 10.1. The third kappa shape index (κ3) is 7.64.